The first kappa shape index (κ1) is 53.5. The smallest absolute Gasteiger partial charge is 0.370 e. The minimum absolute atomic E-state index is 0.109. The van der Waals surface area contributed by atoms with E-state index in [1.165, 1.54) is 0 Å². The molecule has 6 atom stereocenters. The first-order valence-electron chi connectivity index (χ1n) is 21.6. The maximum atomic E-state index is 18.4. The summed E-state index contributed by atoms with van der Waals surface area (Å²) in [4.78, 5) is 0. The molecule has 0 spiro atoms. The SMILES string of the molecule is CC(C)(C)[Si](C)(C)OC[C@@H](O[Si](C)(C)C(C)(C)C)[C@@H]1OC(O)(C(F)P(=O)(OCc2ccccc2)OCc2ccccc2)[C@H](O[Si](C)(C)C(C)(C)C)[C@H]1O[Si](C)(C)C(C)(C)C. The van der Waals surface area contributed by atoms with Gasteiger partial charge in [-0.3, -0.25) is 4.57 Å². The average Bonchev–Trinajstić information content (AvgIpc) is 3.37. The van der Waals surface area contributed by atoms with Gasteiger partial charge < -0.3 is 36.6 Å². The monoisotopic (exact) mass is 928 g/mol. The fraction of sp³-hybridized carbons (Fsp3) is 0.733. The summed E-state index contributed by atoms with van der Waals surface area (Å²) in [5.41, 5.74) is 1.31. The lowest BCUT2D eigenvalue weighted by atomic mass is 10.0. The Labute approximate surface area is 368 Å². The summed E-state index contributed by atoms with van der Waals surface area (Å²) in [6, 6.07) is 18.2. The maximum absolute atomic E-state index is 18.4. The van der Waals surface area contributed by atoms with E-state index in [0.717, 1.165) is 0 Å². The molecule has 1 fully saturated rings. The van der Waals surface area contributed by atoms with Gasteiger partial charge >= 0.3 is 7.60 Å². The zero-order valence-corrected chi connectivity index (χ0v) is 45.7. The molecule has 3 rings (SSSR count). The van der Waals surface area contributed by atoms with Crippen LogP contribution in [0.3, 0.4) is 0 Å². The quantitative estimate of drug-likeness (QED) is 0.116. The van der Waals surface area contributed by atoms with E-state index in [1.807, 2.05) is 49.5 Å². The summed E-state index contributed by atoms with van der Waals surface area (Å²) in [5, 5.41) is 12.3. The summed E-state index contributed by atoms with van der Waals surface area (Å²) in [7, 11) is -15.5. The van der Waals surface area contributed by atoms with E-state index in [4.69, 9.17) is 31.5 Å². The molecule has 0 bridgehead atoms. The lowest BCUT2D eigenvalue weighted by Crippen LogP contribution is -2.60. The molecule has 1 heterocycles. The van der Waals surface area contributed by atoms with Crippen molar-refractivity contribution in [3.8, 4) is 0 Å². The number of hydrogen-bond donors (Lipinski definition) is 1. The highest BCUT2D eigenvalue weighted by molar-refractivity contribution is 7.54. The third-order valence-corrected chi connectivity index (χ3v) is 33.8. The molecule has 2 aromatic carbocycles. The van der Waals surface area contributed by atoms with Crippen LogP contribution in [-0.2, 0) is 49.3 Å². The van der Waals surface area contributed by atoms with Gasteiger partial charge in [-0.2, -0.15) is 0 Å². The number of alkyl halides is 1. The minimum Gasteiger partial charge on any atom is -0.414 e. The number of benzene rings is 2. The van der Waals surface area contributed by atoms with E-state index in [2.05, 4.69) is 122 Å². The van der Waals surface area contributed by atoms with E-state index in [1.54, 1.807) is 24.3 Å². The van der Waals surface area contributed by atoms with Crippen LogP contribution in [0.15, 0.2) is 60.7 Å². The molecule has 0 saturated carbocycles. The molecular formula is C45H82FO9PSi4. The van der Waals surface area contributed by atoms with Crippen LogP contribution in [0.4, 0.5) is 4.39 Å². The number of rotatable bonds is 18. The molecule has 9 nitrogen and oxygen atoms in total. The zero-order chi connectivity index (χ0) is 46.2. The molecule has 1 aliphatic rings. The largest absolute Gasteiger partial charge is 0.414 e. The Morgan fingerprint density at radius 1 is 0.650 bits per heavy atom. The second-order valence-electron chi connectivity index (χ2n) is 22.9. The van der Waals surface area contributed by atoms with E-state index >= 15 is 8.96 Å². The van der Waals surface area contributed by atoms with Gasteiger partial charge in [-0.25, -0.2) is 4.39 Å². The molecule has 0 amide bonds. The lowest BCUT2D eigenvalue weighted by molar-refractivity contribution is -0.253. The number of hydrogen-bond acceptors (Lipinski definition) is 9. The van der Waals surface area contributed by atoms with Crippen molar-refractivity contribution >= 4 is 40.9 Å². The highest BCUT2D eigenvalue weighted by Crippen LogP contribution is 2.62. The molecular weight excluding hydrogens is 847 g/mol. The van der Waals surface area contributed by atoms with E-state index < -0.39 is 77.0 Å². The van der Waals surface area contributed by atoms with Crippen molar-refractivity contribution in [2.75, 3.05) is 6.61 Å². The number of ether oxygens (including phenoxy) is 1. The van der Waals surface area contributed by atoms with Crippen molar-refractivity contribution in [3.05, 3.63) is 71.8 Å². The van der Waals surface area contributed by atoms with E-state index in [9.17, 15) is 5.11 Å². The molecule has 1 saturated heterocycles. The predicted octanol–water partition coefficient (Wildman–Crippen LogP) is 13.2. The summed E-state index contributed by atoms with van der Waals surface area (Å²) >= 11 is 0. The molecule has 344 valence electrons. The van der Waals surface area contributed by atoms with E-state index in [0.29, 0.717) is 11.1 Å². The van der Waals surface area contributed by atoms with Gasteiger partial charge in [-0.1, -0.05) is 144 Å². The van der Waals surface area contributed by atoms with Crippen molar-refractivity contribution in [3.63, 3.8) is 0 Å². The van der Waals surface area contributed by atoms with Crippen molar-refractivity contribution in [2.24, 2.45) is 0 Å². The zero-order valence-electron chi connectivity index (χ0n) is 40.8. The Balaban J connectivity index is 2.38. The predicted molar refractivity (Wildman–Crippen MR) is 254 cm³/mol. The summed E-state index contributed by atoms with van der Waals surface area (Å²) in [6.07, 6.45) is -4.44. The average molecular weight is 929 g/mol. The Bertz CT molecular complexity index is 1670. The standard InChI is InChI=1S/C45H82FO9PSi4/c1-41(2,3)57(13,14)51-33-36(53-58(15,16)42(4,5)6)37-38(54-59(17,18)43(7,8)9)39(55-60(19,20)44(10,11)12)45(47,52-37)40(46)56(48,49-31-34-27-23-21-24-28-34)50-32-35-29-25-22-26-30-35/h21-30,36-40,47H,31-33H2,1-20H3/t36-,37+,38+,39-,40?,45?/m1/s1. The molecule has 0 radical (unpaired) electrons. The van der Waals surface area contributed by atoms with Crippen LogP contribution in [0.25, 0.3) is 0 Å². The van der Waals surface area contributed by atoms with Crippen LogP contribution in [-0.4, -0.2) is 81.1 Å². The Kier molecular flexibility index (Phi) is 16.9. The van der Waals surface area contributed by atoms with Crippen LogP contribution >= 0.6 is 7.60 Å². The summed E-state index contributed by atoms with van der Waals surface area (Å²) in [5.74, 6) is -5.60. The lowest BCUT2D eigenvalue weighted by Gasteiger charge is -2.46. The van der Waals surface area contributed by atoms with Gasteiger partial charge in [0, 0.05) is 0 Å². The van der Waals surface area contributed by atoms with Crippen molar-refractivity contribution in [1.82, 2.24) is 0 Å². The molecule has 0 aliphatic carbocycles. The third kappa shape index (κ3) is 12.7. The van der Waals surface area contributed by atoms with Gasteiger partial charge in [-0.15, -0.1) is 0 Å². The second-order valence-corrected chi connectivity index (χ2v) is 44.0. The van der Waals surface area contributed by atoms with Crippen molar-refractivity contribution < 1.29 is 45.6 Å². The van der Waals surface area contributed by atoms with Gasteiger partial charge in [0.25, 0.3) is 5.91 Å². The number of aliphatic hydroxyl groups is 1. The highest BCUT2D eigenvalue weighted by Gasteiger charge is 2.69. The number of halogens is 1. The van der Waals surface area contributed by atoms with Crippen LogP contribution in [0.2, 0.25) is 72.5 Å². The Hall–Kier alpha value is -0.852. The first-order valence-corrected chi connectivity index (χ1v) is 34.8. The molecule has 15 heteroatoms. The van der Waals surface area contributed by atoms with Gasteiger partial charge in [0.2, 0.25) is 5.79 Å². The second kappa shape index (κ2) is 18.9. The molecule has 1 N–H and O–H groups in total. The molecule has 1 aliphatic heterocycles. The Morgan fingerprint density at radius 2 is 1.03 bits per heavy atom. The fourth-order valence-corrected chi connectivity index (χ4v) is 12.2. The molecule has 60 heavy (non-hydrogen) atoms. The minimum atomic E-state index is -4.90. The first-order chi connectivity index (χ1) is 26.9. The van der Waals surface area contributed by atoms with Crippen LogP contribution < -0.4 is 0 Å². The third-order valence-electron chi connectivity index (χ3n) is 14.0. The van der Waals surface area contributed by atoms with Gasteiger partial charge in [0.15, 0.2) is 33.3 Å². The Morgan fingerprint density at radius 3 is 1.42 bits per heavy atom. The topological polar surface area (TPSA) is 102 Å². The van der Waals surface area contributed by atoms with Gasteiger partial charge in [0.05, 0.1) is 25.9 Å². The maximum Gasteiger partial charge on any atom is 0.370 e. The molecule has 2 unspecified atom stereocenters. The van der Waals surface area contributed by atoms with Crippen LogP contribution in [0.5, 0.6) is 0 Å². The molecule has 2 aromatic rings. The van der Waals surface area contributed by atoms with Crippen molar-refractivity contribution in [2.45, 2.75) is 205 Å². The fourth-order valence-electron chi connectivity index (χ4n) is 5.66. The van der Waals surface area contributed by atoms with Crippen LogP contribution in [0, 0.1) is 0 Å². The van der Waals surface area contributed by atoms with Gasteiger partial charge in [-0.05, 0) is 83.7 Å². The van der Waals surface area contributed by atoms with E-state index in [-0.39, 0.29) is 40.0 Å². The van der Waals surface area contributed by atoms with Crippen LogP contribution in [0.1, 0.15) is 94.2 Å². The molecule has 0 aromatic heterocycles. The normalized spacial score (nSPS) is 22.9. The van der Waals surface area contributed by atoms with Gasteiger partial charge in [0.1, 0.15) is 18.3 Å². The summed E-state index contributed by atoms with van der Waals surface area (Å²) in [6.45, 7) is 42.3. The highest BCUT2D eigenvalue weighted by atomic mass is 31.2. The van der Waals surface area contributed by atoms with Crippen molar-refractivity contribution in [1.29, 1.82) is 0 Å². The summed E-state index contributed by atoms with van der Waals surface area (Å²) < 4.78 is 81.4.